The van der Waals surface area contributed by atoms with Gasteiger partial charge >= 0.3 is 0 Å². The Balaban J connectivity index is 2.07. The molecule has 0 spiro atoms. The van der Waals surface area contributed by atoms with E-state index < -0.39 is 23.4 Å². The first-order valence-electron chi connectivity index (χ1n) is 9.88. The summed E-state index contributed by atoms with van der Waals surface area (Å²) in [4.78, 5) is 16.2. The standard InChI is InChI=1S/C21H26F3N5O/c1-26-17-6-4-5-7-18(17)29(2,3)21-16(24)11-15(19(25)30)20(28-21)27-14-9-12(22)8-13(23)10-14/h8-11,17-18,26H,4-7H2,1-3H3,(H2-,25,27,28,30)/p+1. The van der Waals surface area contributed by atoms with E-state index in [0.29, 0.717) is 0 Å². The summed E-state index contributed by atoms with van der Waals surface area (Å²) in [6, 6.07) is 4.10. The van der Waals surface area contributed by atoms with Crippen LogP contribution in [-0.2, 0) is 0 Å². The lowest BCUT2D eigenvalue weighted by Crippen LogP contribution is -2.60. The maximum atomic E-state index is 15.1. The Morgan fingerprint density at radius 3 is 2.33 bits per heavy atom. The highest BCUT2D eigenvalue weighted by atomic mass is 19.1. The van der Waals surface area contributed by atoms with Gasteiger partial charge < -0.3 is 16.4 Å². The van der Waals surface area contributed by atoms with Crippen molar-refractivity contribution in [1.82, 2.24) is 14.8 Å². The summed E-state index contributed by atoms with van der Waals surface area (Å²) >= 11 is 0. The summed E-state index contributed by atoms with van der Waals surface area (Å²) in [7, 11) is 5.61. The van der Waals surface area contributed by atoms with Crippen LogP contribution in [0.5, 0.6) is 0 Å². The smallest absolute Gasteiger partial charge is 0.265 e. The molecule has 1 amide bonds. The fourth-order valence-corrected chi connectivity index (χ4v) is 4.31. The van der Waals surface area contributed by atoms with Gasteiger partial charge in [0.2, 0.25) is 5.82 Å². The van der Waals surface area contributed by atoms with Crippen LogP contribution < -0.4 is 20.9 Å². The second-order valence-electron chi connectivity index (χ2n) is 8.12. The van der Waals surface area contributed by atoms with Crippen molar-refractivity contribution in [2.24, 2.45) is 5.73 Å². The number of nitrogens with one attached hydrogen (secondary N) is 2. The number of hydrogen-bond acceptors (Lipinski definition) is 4. The van der Waals surface area contributed by atoms with Gasteiger partial charge in [-0.2, -0.15) is 9.37 Å². The van der Waals surface area contributed by atoms with E-state index in [4.69, 9.17) is 5.73 Å². The number of hydrogen-bond donors (Lipinski definition) is 3. The van der Waals surface area contributed by atoms with Crippen LogP contribution in [0.15, 0.2) is 24.3 Å². The SMILES string of the molecule is CNC1CCCCC1[N+](C)(C)c1nc(Nc2cc(F)cc(F)c2)c(C(N)=O)cc1F. The van der Waals surface area contributed by atoms with Gasteiger partial charge in [-0.05, 0) is 38.1 Å². The molecule has 6 nitrogen and oxygen atoms in total. The molecule has 1 aliphatic carbocycles. The van der Waals surface area contributed by atoms with Gasteiger partial charge in [0.25, 0.3) is 11.7 Å². The zero-order valence-corrected chi connectivity index (χ0v) is 17.3. The van der Waals surface area contributed by atoms with E-state index in [1.807, 2.05) is 21.1 Å². The van der Waals surface area contributed by atoms with Crippen LogP contribution in [-0.4, -0.2) is 44.1 Å². The first-order valence-corrected chi connectivity index (χ1v) is 9.88. The van der Waals surface area contributed by atoms with E-state index in [2.05, 4.69) is 15.6 Å². The summed E-state index contributed by atoms with van der Waals surface area (Å²) in [6.07, 6.45) is 3.97. The van der Waals surface area contributed by atoms with E-state index in [1.54, 1.807) is 0 Å². The van der Waals surface area contributed by atoms with Crippen molar-refractivity contribution >= 4 is 23.2 Å². The highest BCUT2D eigenvalue weighted by Gasteiger charge is 2.41. The van der Waals surface area contributed by atoms with Crippen molar-refractivity contribution in [2.75, 3.05) is 26.5 Å². The predicted molar refractivity (Wildman–Crippen MR) is 111 cm³/mol. The molecular formula is C21H27F3N5O+. The molecule has 4 N–H and O–H groups in total. The Kier molecular flexibility index (Phi) is 6.33. The number of likely N-dealkylation sites (N-methyl/N-ethyl adjacent to an activating group) is 2. The Labute approximate surface area is 173 Å². The van der Waals surface area contributed by atoms with Crippen molar-refractivity contribution in [2.45, 2.75) is 37.8 Å². The number of rotatable bonds is 6. The molecule has 2 unspecified atom stereocenters. The normalized spacial score (nSPS) is 19.5. The Hall–Kier alpha value is -2.65. The third-order valence-electron chi connectivity index (χ3n) is 5.82. The van der Waals surface area contributed by atoms with Crippen LogP contribution in [0.2, 0.25) is 0 Å². The number of quaternary nitrogens is 1. The lowest BCUT2D eigenvalue weighted by atomic mass is 9.88. The van der Waals surface area contributed by atoms with Gasteiger partial charge in [0.05, 0.1) is 25.7 Å². The molecule has 1 aliphatic rings. The van der Waals surface area contributed by atoms with Crippen molar-refractivity contribution in [3.8, 4) is 0 Å². The molecule has 1 heterocycles. The predicted octanol–water partition coefficient (Wildman–Crippen LogP) is 3.44. The summed E-state index contributed by atoms with van der Waals surface area (Å²) in [5.41, 5.74) is 5.23. The van der Waals surface area contributed by atoms with Gasteiger partial charge in [-0.3, -0.25) is 9.28 Å². The average molecular weight is 422 g/mol. The number of amides is 1. The lowest BCUT2D eigenvalue weighted by molar-refractivity contribution is 0.1000. The zero-order valence-electron chi connectivity index (χ0n) is 17.3. The molecule has 2 atom stereocenters. The zero-order chi connectivity index (χ0) is 22.1. The number of benzene rings is 1. The molecule has 162 valence electrons. The number of anilines is 2. The number of halogens is 3. The highest BCUT2D eigenvalue weighted by Crippen LogP contribution is 2.34. The molecular weight excluding hydrogens is 395 g/mol. The van der Waals surface area contributed by atoms with E-state index in [0.717, 1.165) is 49.9 Å². The average Bonchev–Trinajstić information content (AvgIpc) is 2.67. The summed E-state index contributed by atoms with van der Waals surface area (Å²) in [5, 5.41) is 6.03. The fraction of sp³-hybridized carbons (Fsp3) is 0.429. The molecule has 9 heteroatoms. The first-order chi connectivity index (χ1) is 14.1. The van der Waals surface area contributed by atoms with Gasteiger partial charge in [-0.1, -0.05) is 6.42 Å². The number of carbonyl (C=O) groups is 1. The number of nitrogens with two attached hydrogens (primary N) is 1. The highest BCUT2D eigenvalue weighted by molar-refractivity contribution is 5.98. The van der Waals surface area contributed by atoms with E-state index in [-0.39, 0.29) is 39.5 Å². The summed E-state index contributed by atoms with van der Waals surface area (Å²) in [6.45, 7) is 0. The van der Waals surface area contributed by atoms with Gasteiger partial charge in [0, 0.05) is 18.2 Å². The van der Waals surface area contributed by atoms with Crippen LogP contribution in [0.4, 0.5) is 30.5 Å². The second-order valence-corrected chi connectivity index (χ2v) is 8.12. The van der Waals surface area contributed by atoms with Gasteiger partial charge in [-0.15, -0.1) is 0 Å². The number of pyridine rings is 1. The van der Waals surface area contributed by atoms with E-state index in [9.17, 15) is 13.6 Å². The summed E-state index contributed by atoms with van der Waals surface area (Å²) in [5.74, 6) is -3.08. The Bertz CT molecular complexity index is 930. The number of nitrogens with zero attached hydrogens (tertiary/aromatic N) is 2. The van der Waals surface area contributed by atoms with Crippen LogP contribution in [0.1, 0.15) is 36.0 Å². The first kappa shape index (κ1) is 22.0. The third-order valence-corrected chi connectivity index (χ3v) is 5.82. The minimum atomic E-state index is -0.900. The van der Waals surface area contributed by atoms with Crippen LogP contribution in [0.25, 0.3) is 0 Å². The minimum absolute atomic E-state index is 0.0381. The molecule has 1 saturated carbocycles. The lowest BCUT2D eigenvalue weighted by Gasteiger charge is -2.43. The molecule has 1 fully saturated rings. The molecule has 0 saturated heterocycles. The van der Waals surface area contributed by atoms with Crippen LogP contribution >= 0.6 is 0 Å². The van der Waals surface area contributed by atoms with E-state index in [1.165, 1.54) is 0 Å². The molecule has 0 bridgehead atoms. The van der Waals surface area contributed by atoms with Crippen molar-refractivity contribution in [3.05, 3.63) is 47.3 Å². The number of aromatic nitrogens is 1. The maximum absolute atomic E-state index is 15.1. The number of primary amides is 1. The fourth-order valence-electron chi connectivity index (χ4n) is 4.31. The molecule has 3 rings (SSSR count). The second kappa shape index (κ2) is 8.61. The molecule has 2 aromatic rings. The Morgan fingerprint density at radius 2 is 1.73 bits per heavy atom. The van der Waals surface area contributed by atoms with Crippen LogP contribution in [0, 0.1) is 17.5 Å². The molecule has 1 aromatic carbocycles. The third kappa shape index (κ3) is 4.41. The van der Waals surface area contributed by atoms with Crippen molar-refractivity contribution in [3.63, 3.8) is 0 Å². The van der Waals surface area contributed by atoms with Crippen molar-refractivity contribution in [1.29, 1.82) is 0 Å². The van der Waals surface area contributed by atoms with E-state index >= 15 is 4.39 Å². The maximum Gasteiger partial charge on any atom is 0.265 e. The molecule has 30 heavy (non-hydrogen) atoms. The van der Waals surface area contributed by atoms with Gasteiger partial charge in [0.15, 0.2) is 0 Å². The quantitative estimate of drug-likeness (QED) is 0.623. The monoisotopic (exact) mass is 422 g/mol. The van der Waals surface area contributed by atoms with Gasteiger partial charge in [-0.25, -0.2) is 8.78 Å². The molecule has 0 radical (unpaired) electrons. The Morgan fingerprint density at radius 1 is 1.10 bits per heavy atom. The molecule has 1 aromatic heterocycles. The largest absolute Gasteiger partial charge is 0.365 e. The number of carbonyl (C=O) groups excluding carboxylic acids is 1. The van der Waals surface area contributed by atoms with Crippen LogP contribution in [0.3, 0.4) is 0 Å². The van der Waals surface area contributed by atoms with Gasteiger partial charge in [0.1, 0.15) is 23.5 Å². The minimum Gasteiger partial charge on any atom is -0.365 e. The molecule has 0 aliphatic heterocycles. The summed E-state index contributed by atoms with van der Waals surface area (Å²) < 4.78 is 42.4. The van der Waals surface area contributed by atoms with Crippen molar-refractivity contribution < 1.29 is 18.0 Å². The topological polar surface area (TPSA) is 80.0 Å².